The molecule has 0 radical (unpaired) electrons. The van der Waals surface area contributed by atoms with Gasteiger partial charge in [-0.05, 0) is 44.0 Å². The Kier molecular flexibility index (Phi) is 6.12. The van der Waals surface area contributed by atoms with Crippen molar-refractivity contribution in [1.82, 2.24) is 4.98 Å². The molecule has 5 heteroatoms. The van der Waals surface area contributed by atoms with Gasteiger partial charge in [0.1, 0.15) is 11.6 Å². The average Bonchev–Trinajstić information content (AvgIpc) is 3.10. The molecule has 0 N–H and O–H groups in total. The summed E-state index contributed by atoms with van der Waals surface area (Å²) in [5, 5.41) is 2.89. The lowest BCUT2D eigenvalue weighted by molar-refractivity contribution is -0.141. The largest absolute Gasteiger partial charge is 0.459 e. The number of thiazole rings is 1. The van der Waals surface area contributed by atoms with Gasteiger partial charge in [0.05, 0.1) is 11.4 Å². The lowest BCUT2D eigenvalue weighted by Gasteiger charge is -2.05. The molecule has 3 rings (SSSR count). The quantitative estimate of drug-likeness (QED) is 0.412. The van der Waals surface area contributed by atoms with Crippen molar-refractivity contribution in [3.63, 3.8) is 0 Å². The third kappa shape index (κ3) is 4.96. The van der Waals surface area contributed by atoms with E-state index in [1.54, 1.807) is 11.3 Å². The van der Waals surface area contributed by atoms with Crippen LogP contribution in [0.4, 0.5) is 0 Å². The summed E-state index contributed by atoms with van der Waals surface area (Å²) in [7, 11) is 0. The summed E-state index contributed by atoms with van der Waals surface area (Å²) in [4.78, 5) is 17.6. The van der Waals surface area contributed by atoms with Crippen molar-refractivity contribution in [2.75, 3.05) is 5.75 Å². The molecule has 0 aliphatic heterocycles. The first-order valence-corrected chi connectivity index (χ1v) is 10.2. The van der Waals surface area contributed by atoms with Crippen molar-refractivity contribution in [2.24, 2.45) is 0 Å². The fourth-order valence-electron chi connectivity index (χ4n) is 2.34. The van der Waals surface area contributed by atoms with E-state index in [1.165, 1.54) is 28.5 Å². The summed E-state index contributed by atoms with van der Waals surface area (Å²) in [6, 6.07) is 14.5. The SMILES string of the molecule is Cc1ccc(-c2nc(COC(=O)CSc3ccc(C)c(C)c3)cs2)cc1. The Balaban J connectivity index is 1.50. The highest BCUT2D eigenvalue weighted by atomic mass is 32.2. The van der Waals surface area contributed by atoms with Gasteiger partial charge in [-0.25, -0.2) is 4.98 Å². The van der Waals surface area contributed by atoms with Gasteiger partial charge in [-0.2, -0.15) is 0 Å². The maximum absolute atomic E-state index is 12.0. The van der Waals surface area contributed by atoms with Crippen molar-refractivity contribution in [3.05, 3.63) is 70.2 Å². The molecule has 0 atom stereocenters. The van der Waals surface area contributed by atoms with Crippen LogP contribution in [0.2, 0.25) is 0 Å². The minimum absolute atomic E-state index is 0.217. The number of rotatable bonds is 6. The predicted octanol–water partition coefficient (Wildman–Crippen LogP) is 5.57. The Labute approximate surface area is 162 Å². The lowest BCUT2D eigenvalue weighted by Crippen LogP contribution is -2.07. The third-order valence-corrected chi connectivity index (χ3v) is 5.97. The average molecular weight is 384 g/mol. The highest BCUT2D eigenvalue weighted by Gasteiger charge is 2.09. The number of carbonyl (C=O) groups excluding carboxylic acids is 1. The Morgan fingerprint density at radius 3 is 2.58 bits per heavy atom. The van der Waals surface area contributed by atoms with Gasteiger partial charge < -0.3 is 4.74 Å². The van der Waals surface area contributed by atoms with Gasteiger partial charge in [0.25, 0.3) is 0 Å². The van der Waals surface area contributed by atoms with Gasteiger partial charge in [0.2, 0.25) is 0 Å². The standard InChI is InChI=1S/C21H21NO2S2/c1-14-4-7-17(8-5-14)21-22-18(12-26-21)11-24-20(23)13-25-19-9-6-15(2)16(3)10-19/h4-10,12H,11,13H2,1-3H3. The number of esters is 1. The highest BCUT2D eigenvalue weighted by Crippen LogP contribution is 2.25. The summed E-state index contributed by atoms with van der Waals surface area (Å²) in [5.74, 6) is 0.0791. The minimum Gasteiger partial charge on any atom is -0.459 e. The van der Waals surface area contributed by atoms with E-state index in [4.69, 9.17) is 4.74 Å². The molecule has 0 amide bonds. The fourth-order valence-corrected chi connectivity index (χ4v) is 3.95. The maximum Gasteiger partial charge on any atom is 0.316 e. The molecular formula is C21H21NO2S2. The summed E-state index contributed by atoms with van der Waals surface area (Å²) in [6.45, 7) is 6.43. The van der Waals surface area contributed by atoms with Crippen LogP contribution < -0.4 is 0 Å². The van der Waals surface area contributed by atoms with Crippen LogP contribution in [-0.4, -0.2) is 16.7 Å². The van der Waals surface area contributed by atoms with Crippen molar-refractivity contribution < 1.29 is 9.53 Å². The molecule has 1 heterocycles. The number of thioether (sulfide) groups is 1. The molecule has 3 nitrogen and oxygen atoms in total. The molecule has 2 aromatic carbocycles. The van der Waals surface area contributed by atoms with Crippen molar-refractivity contribution >= 4 is 29.1 Å². The minimum atomic E-state index is -0.224. The van der Waals surface area contributed by atoms with Crippen LogP contribution >= 0.6 is 23.1 Å². The maximum atomic E-state index is 12.0. The lowest BCUT2D eigenvalue weighted by atomic mass is 10.1. The van der Waals surface area contributed by atoms with Gasteiger partial charge in [-0.15, -0.1) is 23.1 Å². The van der Waals surface area contributed by atoms with Gasteiger partial charge in [0.15, 0.2) is 0 Å². The van der Waals surface area contributed by atoms with Crippen LogP contribution in [0.1, 0.15) is 22.4 Å². The number of benzene rings is 2. The topological polar surface area (TPSA) is 39.2 Å². The molecule has 0 aliphatic carbocycles. The Bertz CT molecular complexity index is 901. The first-order chi connectivity index (χ1) is 12.5. The van der Waals surface area contributed by atoms with Crippen LogP contribution in [0.5, 0.6) is 0 Å². The van der Waals surface area contributed by atoms with Crippen LogP contribution in [0, 0.1) is 20.8 Å². The molecule has 0 aliphatic rings. The molecular weight excluding hydrogens is 362 g/mol. The van der Waals surface area contributed by atoms with Gasteiger partial charge in [0, 0.05) is 15.8 Å². The van der Waals surface area contributed by atoms with Gasteiger partial charge >= 0.3 is 5.97 Å². The third-order valence-electron chi connectivity index (χ3n) is 4.07. The number of hydrogen-bond donors (Lipinski definition) is 0. The van der Waals surface area contributed by atoms with E-state index in [0.717, 1.165) is 21.2 Å². The first kappa shape index (κ1) is 18.7. The zero-order valence-corrected chi connectivity index (χ0v) is 16.7. The smallest absolute Gasteiger partial charge is 0.316 e. The molecule has 0 bridgehead atoms. The second-order valence-electron chi connectivity index (χ2n) is 6.21. The number of ether oxygens (including phenoxy) is 1. The second kappa shape index (κ2) is 8.52. The Morgan fingerprint density at radius 1 is 1.08 bits per heavy atom. The molecule has 134 valence electrons. The molecule has 0 saturated heterocycles. The molecule has 3 aromatic rings. The first-order valence-electron chi connectivity index (χ1n) is 8.38. The van der Waals surface area contributed by atoms with Crippen LogP contribution in [0.15, 0.2) is 52.7 Å². The Hall–Kier alpha value is -2.11. The summed E-state index contributed by atoms with van der Waals surface area (Å²) < 4.78 is 5.36. The number of carbonyl (C=O) groups is 1. The van der Waals surface area contributed by atoms with E-state index in [-0.39, 0.29) is 12.6 Å². The van der Waals surface area contributed by atoms with E-state index in [9.17, 15) is 4.79 Å². The zero-order valence-electron chi connectivity index (χ0n) is 15.1. The number of aryl methyl sites for hydroxylation is 3. The predicted molar refractivity (Wildman–Crippen MR) is 109 cm³/mol. The van der Waals surface area contributed by atoms with E-state index in [1.807, 2.05) is 11.4 Å². The highest BCUT2D eigenvalue weighted by molar-refractivity contribution is 8.00. The molecule has 0 unspecified atom stereocenters. The summed E-state index contributed by atoms with van der Waals surface area (Å²) >= 11 is 3.06. The van der Waals surface area contributed by atoms with Gasteiger partial charge in [-0.1, -0.05) is 35.9 Å². The fraction of sp³-hybridized carbons (Fsp3) is 0.238. The molecule has 1 aromatic heterocycles. The Morgan fingerprint density at radius 2 is 1.85 bits per heavy atom. The molecule has 0 saturated carbocycles. The van der Waals surface area contributed by atoms with Crippen LogP contribution in [-0.2, 0) is 16.1 Å². The van der Waals surface area contributed by atoms with Crippen LogP contribution in [0.3, 0.4) is 0 Å². The number of aromatic nitrogens is 1. The molecule has 26 heavy (non-hydrogen) atoms. The van der Waals surface area contributed by atoms with E-state index < -0.39 is 0 Å². The van der Waals surface area contributed by atoms with Crippen molar-refractivity contribution in [3.8, 4) is 10.6 Å². The summed E-state index contributed by atoms with van der Waals surface area (Å²) in [6.07, 6.45) is 0. The monoisotopic (exact) mass is 383 g/mol. The number of hydrogen-bond acceptors (Lipinski definition) is 5. The van der Waals surface area contributed by atoms with Gasteiger partial charge in [-0.3, -0.25) is 4.79 Å². The molecule has 0 spiro atoms. The van der Waals surface area contributed by atoms with Crippen LogP contribution in [0.25, 0.3) is 10.6 Å². The van der Waals surface area contributed by atoms with E-state index in [0.29, 0.717) is 5.75 Å². The summed E-state index contributed by atoms with van der Waals surface area (Å²) in [5.41, 5.74) is 5.58. The van der Waals surface area contributed by atoms with E-state index in [2.05, 4.69) is 62.2 Å². The van der Waals surface area contributed by atoms with E-state index >= 15 is 0 Å². The second-order valence-corrected chi connectivity index (χ2v) is 8.11. The normalized spacial score (nSPS) is 10.7. The van der Waals surface area contributed by atoms with Crippen molar-refractivity contribution in [2.45, 2.75) is 32.3 Å². The van der Waals surface area contributed by atoms with Crippen molar-refractivity contribution in [1.29, 1.82) is 0 Å². The zero-order chi connectivity index (χ0) is 18.5. The number of nitrogens with zero attached hydrogens (tertiary/aromatic N) is 1. The molecule has 0 fully saturated rings.